The Morgan fingerprint density at radius 1 is 0.407 bits per heavy atom. The molecule has 0 aromatic heterocycles. The molecule has 0 unspecified atom stereocenters. The molecule has 0 radical (unpaired) electrons. The van der Waals surface area contributed by atoms with Crippen LogP contribution < -0.4 is 0 Å². The average molecular weight is 409 g/mol. The van der Waals surface area contributed by atoms with Gasteiger partial charge >= 0.3 is 0 Å². The van der Waals surface area contributed by atoms with E-state index in [1.807, 2.05) is 0 Å². The van der Waals surface area contributed by atoms with Gasteiger partial charge in [0, 0.05) is 4.47 Å². The molecule has 5 aromatic carbocycles. The van der Waals surface area contributed by atoms with Crippen LogP contribution in [0.1, 0.15) is 0 Å². The summed E-state index contributed by atoms with van der Waals surface area (Å²) in [5.41, 5.74) is 5.01. The third-order valence-electron chi connectivity index (χ3n) is 5.14. The first-order valence-electron chi connectivity index (χ1n) is 9.08. The average Bonchev–Trinajstić information content (AvgIpc) is 2.74. The predicted molar refractivity (Wildman–Crippen MR) is 120 cm³/mol. The maximum atomic E-state index is 3.90. The summed E-state index contributed by atoms with van der Waals surface area (Å²) in [4.78, 5) is 0. The van der Waals surface area contributed by atoms with Gasteiger partial charge in [0.1, 0.15) is 0 Å². The van der Waals surface area contributed by atoms with Crippen LogP contribution in [0.2, 0.25) is 0 Å². The topological polar surface area (TPSA) is 0 Å². The van der Waals surface area contributed by atoms with Gasteiger partial charge in [0.25, 0.3) is 0 Å². The Balaban J connectivity index is 1.90. The molecule has 0 aliphatic heterocycles. The summed E-state index contributed by atoms with van der Waals surface area (Å²) >= 11 is 3.90. The molecule has 128 valence electrons. The van der Waals surface area contributed by atoms with Crippen molar-refractivity contribution in [3.05, 3.63) is 108 Å². The fraction of sp³-hybridized carbons (Fsp3) is 0. The highest BCUT2D eigenvalue weighted by Crippen LogP contribution is 2.40. The van der Waals surface area contributed by atoms with Gasteiger partial charge in [-0.1, -0.05) is 97.1 Å². The van der Waals surface area contributed by atoms with Crippen LogP contribution in [0.25, 0.3) is 43.8 Å². The van der Waals surface area contributed by atoms with Gasteiger partial charge < -0.3 is 0 Å². The van der Waals surface area contributed by atoms with Gasteiger partial charge in [0.05, 0.1) is 0 Å². The zero-order chi connectivity index (χ0) is 18.2. The second-order valence-corrected chi connectivity index (χ2v) is 7.52. The summed E-state index contributed by atoms with van der Waals surface area (Å²) in [5, 5.41) is 5.03. The third kappa shape index (κ3) is 2.75. The summed E-state index contributed by atoms with van der Waals surface area (Å²) in [6, 6.07) is 36.7. The van der Waals surface area contributed by atoms with E-state index in [1.165, 1.54) is 43.8 Å². The van der Waals surface area contributed by atoms with E-state index in [4.69, 9.17) is 0 Å². The van der Waals surface area contributed by atoms with Gasteiger partial charge in [0.2, 0.25) is 0 Å². The lowest BCUT2D eigenvalue weighted by molar-refractivity contribution is 1.64. The molecule has 0 bridgehead atoms. The highest BCUT2D eigenvalue weighted by atomic mass is 79.9. The molecule has 27 heavy (non-hydrogen) atoms. The smallest absolute Gasteiger partial charge is 0.0332 e. The predicted octanol–water partition coefficient (Wildman–Crippen LogP) is 8.09. The molecule has 5 rings (SSSR count). The number of hydrogen-bond donors (Lipinski definition) is 0. The zero-order valence-corrected chi connectivity index (χ0v) is 16.3. The van der Waals surface area contributed by atoms with Crippen molar-refractivity contribution in [1.29, 1.82) is 0 Å². The SMILES string of the molecule is Brc1c2cccc(-c3ccccc3)c2cc2c(-c3ccccc3)cccc12. The van der Waals surface area contributed by atoms with E-state index >= 15 is 0 Å². The number of hydrogen-bond acceptors (Lipinski definition) is 0. The summed E-state index contributed by atoms with van der Waals surface area (Å²) in [6.07, 6.45) is 0. The van der Waals surface area contributed by atoms with E-state index < -0.39 is 0 Å². The van der Waals surface area contributed by atoms with Crippen LogP contribution in [0, 0.1) is 0 Å². The van der Waals surface area contributed by atoms with Crippen LogP contribution >= 0.6 is 15.9 Å². The van der Waals surface area contributed by atoms with Crippen LogP contribution in [0.4, 0.5) is 0 Å². The molecule has 0 fully saturated rings. The minimum atomic E-state index is 1.16. The van der Waals surface area contributed by atoms with Crippen molar-refractivity contribution in [3.8, 4) is 22.3 Å². The van der Waals surface area contributed by atoms with E-state index in [9.17, 15) is 0 Å². The fourth-order valence-corrected chi connectivity index (χ4v) is 4.54. The maximum Gasteiger partial charge on any atom is 0.0332 e. The lowest BCUT2D eigenvalue weighted by Gasteiger charge is -2.14. The molecule has 0 heterocycles. The van der Waals surface area contributed by atoms with Crippen LogP contribution in [-0.4, -0.2) is 0 Å². The minimum Gasteiger partial charge on any atom is -0.0622 e. The molecule has 0 saturated carbocycles. The zero-order valence-electron chi connectivity index (χ0n) is 14.7. The number of benzene rings is 5. The first-order chi connectivity index (χ1) is 13.3. The van der Waals surface area contributed by atoms with Gasteiger partial charge in [-0.15, -0.1) is 0 Å². The van der Waals surface area contributed by atoms with Crippen molar-refractivity contribution in [2.45, 2.75) is 0 Å². The third-order valence-corrected chi connectivity index (χ3v) is 6.00. The standard InChI is InChI=1S/C26H17Br/c27-26-22-15-7-13-20(18-9-3-1-4-10-18)24(22)17-25-21(14-8-16-23(25)26)19-11-5-2-6-12-19/h1-17H. The molecule has 0 amide bonds. The van der Waals surface area contributed by atoms with Gasteiger partial charge in [-0.05, 0) is 65.8 Å². The van der Waals surface area contributed by atoms with Crippen molar-refractivity contribution < 1.29 is 0 Å². The van der Waals surface area contributed by atoms with Gasteiger partial charge in [-0.2, -0.15) is 0 Å². The Bertz CT molecular complexity index is 1160. The molecular formula is C26H17Br. The van der Waals surface area contributed by atoms with Crippen LogP contribution in [-0.2, 0) is 0 Å². The van der Waals surface area contributed by atoms with Crippen LogP contribution in [0.3, 0.4) is 0 Å². The molecule has 0 nitrogen and oxygen atoms in total. The second kappa shape index (κ2) is 6.68. The van der Waals surface area contributed by atoms with Gasteiger partial charge in [-0.25, -0.2) is 0 Å². The lowest BCUT2D eigenvalue weighted by Crippen LogP contribution is -1.87. The quantitative estimate of drug-likeness (QED) is 0.259. The van der Waals surface area contributed by atoms with E-state index in [0.29, 0.717) is 0 Å². The first kappa shape index (κ1) is 16.3. The van der Waals surface area contributed by atoms with Crippen molar-refractivity contribution in [1.82, 2.24) is 0 Å². The molecule has 0 spiro atoms. The van der Waals surface area contributed by atoms with E-state index in [1.54, 1.807) is 0 Å². The monoisotopic (exact) mass is 408 g/mol. The maximum absolute atomic E-state index is 3.90. The Morgan fingerprint density at radius 2 is 0.852 bits per heavy atom. The number of rotatable bonds is 2. The Kier molecular flexibility index (Phi) is 4.03. The van der Waals surface area contributed by atoms with Crippen molar-refractivity contribution in [2.75, 3.05) is 0 Å². The van der Waals surface area contributed by atoms with Crippen LogP contribution in [0.5, 0.6) is 0 Å². The van der Waals surface area contributed by atoms with E-state index in [0.717, 1.165) is 4.47 Å². The summed E-state index contributed by atoms with van der Waals surface area (Å²) in [5.74, 6) is 0. The normalized spacial score (nSPS) is 11.1. The highest BCUT2D eigenvalue weighted by molar-refractivity contribution is 9.10. The summed E-state index contributed by atoms with van der Waals surface area (Å²) in [7, 11) is 0. The Morgan fingerprint density at radius 3 is 1.30 bits per heavy atom. The molecule has 0 aliphatic rings. The van der Waals surface area contributed by atoms with Crippen molar-refractivity contribution in [2.24, 2.45) is 0 Å². The Hall–Kier alpha value is -2.90. The highest BCUT2D eigenvalue weighted by Gasteiger charge is 2.12. The van der Waals surface area contributed by atoms with Gasteiger partial charge in [0.15, 0.2) is 0 Å². The molecule has 0 saturated heterocycles. The summed E-state index contributed by atoms with van der Waals surface area (Å²) < 4.78 is 1.16. The first-order valence-corrected chi connectivity index (χ1v) is 9.87. The second-order valence-electron chi connectivity index (χ2n) is 6.72. The number of halogens is 1. The molecule has 1 heteroatoms. The fourth-order valence-electron chi connectivity index (χ4n) is 3.85. The molecule has 5 aromatic rings. The molecular weight excluding hydrogens is 392 g/mol. The number of fused-ring (bicyclic) bond motifs is 2. The van der Waals surface area contributed by atoms with Crippen molar-refractivity contribution >= 4 is 37.5 Å². The van der Waals surface area contributed by atoms with Crippen LogP contribution in [0.15, 0.2) is 108 Å². The minimum absolute atomic E-state index is 1.16. The Labute approximate surface area is 167 Å². The van der Waals surface area contributed by atoms with E-state index in [2.05, 4.69) is 119 Å². The van der Waals surface area contributed by atoms with E-state index in [-0.39, 0.29) is 0 Å². The lowest BCUT2D eigenvalue weighted by atomic mass is 9.92. The summed E-state index contributed by atoms with van der Waals surface area (Å²) in [6.45, 7) is 0. The van der Waals surface area contributed by atoms with Crippen molar-refractivity contribution in [3.63, 3.8) is 0 Å². The molecule has 0 aliphatic carbocycles. The van der Waals surface area contributed by atoms with Gasteiger partial charge in [-0.3, -0.25) is 0 Å². The largest absolute Gasteiger partial charge is 0.0622 e. The molecule has 0 N–H and O–H groups in total. The molecule has 0 atom stereocenters.